The molecule has 0 spiro atoms. The van der Waals surface area contributed by atoms with Gasteiger partial charge in [0.2, 0.25) is 0 Å². The van der Waals surface area contributed by atoms with Crippen LogP contribution in [0.1, 0.15) is 50.6 Å². The molecule has 0 unspecified atom stereocenters. The van der Waals surface area contributed by atoms with Gasteiger partial charge < -0.3 is 14.8 Å². The summed E-state index contributed by atoms with van der Waals surface area (Å²) in [4.78, 5) is 0. The number of hydrogen-bond acceptors (Lipinski definition) is 3. The quantitative estimate of drug-likeness (QED) is 0.735. The molecule has 0 heterocycles. The van der Waals surface area contributed by atoms with E-state index in [2.05, 4.69) is 36.5 Å². The summed E-state index contributed by atoms with van der Waals surface area (Å²) in [5, 5.41) is 3.52. The topological polar surface area (TPSA) is 30.5 Å². The molecule has 0 saturated heterocycles. The number of ether oxygens (including phenoxy) is 2. The molecule has 3 heteroatoms. The van der Waals surface area contributed by atoms with Crippen LogP contribution in [-0.2, 0) is 4.74 Å². The summed E-state index contributed by atoms with van der Waals surface area (Å²) in [7, 11) is 1.74. The fourth-order valence-electron chi connectivity index (χ4n) is 2.71. The van der Waals surface area contributed by atoms with Gasteiger partial charge in [0.05, 0.1) is 6.10 Å². The monoisotopic (exact) mass is 277 g/mol. The van der Waals surface area contributed by atoms with Gasteiger partial charge in [-0.1, -0.05) is 12.1 Å². The van der Waals surface area contributed by atoms with Crippen molar-refractivity contribution in [3.05, 3.63) is 29.8 Å². The Morgan fingerprint density at radius 1 is 1.30 bits per heavy atom. The number of nitrogens with one attached hydrogen (secondary N) is 1. The Labute approximate surface area is 122 Å². The Morgan fingerprint density at radius 3 is 2.85 bits per heavy atom. The van der Waals surface area contributed by atoms with Crippen molar-refractivity contribution in [2.45, 2.75) is 51.2 Å². The van der Waals surface area contributed by atoms with Crippen LogP contribution >= 0.6 is 0 Å². The Kier molecular flexibility index (Phi) is 6.34. The fourth-order valence-corrected chi connectivity index (χ4v) is 2.71. The van der Waals surface area contributed by atoms with Gasteiger partial charge in [0.15, 0.2) is 0 Å². The standard InChI is InChI=1S/C17H27NO2/c1-14(18-11-6-12-19-2)15-7-5-10-17(13-15)20-16-8-3-4-9-16/h5,7,10,13-14,16,18H,3-4,6,8-9,11-12H2,1-2H3/t14-/m1/s1. The fraction of sp³-hybridized carbons (Fsp3) is 0.647. The van der Waals surface area contributed by atoms with E-state index in [-0.39, 0.29) is 0 Å². The summed E-state index contributed by atoms with van der Waals surface area (Å²) in [6, 6.07) is 8.84. The Hall–Kier alpha value is -1.06. The first-order valence-corrected chi connectivity index (χ1v) is 7.78. The molecule has 0 aliphatic heterocycles. The molecule has 1 aromatic rings. The van der Waals surface area contributed by atoms with E-state index >= 15 is 0 Å². The minimum absolute atomic E-state index is 0.346. The Bertz CT molecular complexity index is 388. The van der Waals surface area contributed by atoms with Gasteiger partial charge in [0.25, 0.3) is 0 Å². The van der Waals surface area contributed by atoms with Gasteiger partial charge in [-0.25, -0.2) is 0 Å². The van der Waals surface area contributed by atoms with Crippen LogP contribution in [0, 0.1) is 0 Å². The molecule has 0 bridgehead atoms. The summed E-state index contributed by atoms with van der Waals surface area (Å²) in [6.45, 7) is 3.98. The van der Waals surface area contributed by atoms with Crippen LogP contribution in [0.15, 0.2) is 24.3 Å². The highest BCUT2D eigenvalue weighted by Crippen LogP contribution is 2.26. The van der Waals surface area contributed by atoms with Crippen LogP contribution in [0.3, 0.4) is 0 Å². The molecule has 1 fully saturated rings. The van der Waals surface area contributed by atoms with Gasteiger partial charge in [0.1, 0.15) is 5.75 Å². The molecule has 1 atom stereocenters. The lowest BCUT2D eigenvalue weighted by atomic mass is 10.1. The van der Waals surface area contributed by atoms with Crippen molar-refractivity contribution in [1.82, 2.24) is 5.32 Å². The van der Waals surface area contributed by atoms with E-state index < -0.39 is 0 Å². The summed E-state index contributed by atoms with van der Waals surface area (Å²) in [6.07, 6.45) is 6.49. The highest BCUT2D eigenvalue weighted by Gasteiger charge is 2.16. The van der Waals surface area contributed by atoms with Crippen LogP contribution in [0.5, 0.6) is 5.75 Å². The SMILES string of the molecule is COCCCN[C@H](C)c1cccc(OC2CCCC2)c1. The van der Waals surface area contributed by atoms with Crippen molar-refractivity contribution in [1.29, 1.82) is 0 Å². The number of benzene rings is 1. The molecule has 1 saturated carbocycles. The average Bonchev–Trinajstić information content (AvgIpc) is 2.96. The predicted molar refractivity (Wildman–Crippen MR) is 82.2 cm³/mol. The van der Waals surface area contributed by atoms with E-state index in [9.17, 15) is 0 Å². The van der Waals surface area contributed by atoms with Crippen LogP contribution < -0.4 is 10.1 Å². The second-order valence-electron chi connectivity index (χ2n) is 5.62. The summed E-state index contributed by atoms with van der Waals surface area (Å²) in [5.41, 5.74) is 1.29. The molecule has 1 aromatic carbocycles. The maximum absolute atomic E-state index is 6.06. The maximum atomic E-state index is 6.06. The van der Waals surface area contributed by atoms with Crippen molar-refractivity contribution in [3.8, 4) is 5.75 Å². The molecule has 3 nitrogen and oxygen atoms in total. The summed E-state index contributed by atoms with van der Waals surface area (Å²) < 4.78 is 11.1. The van der Waals surface area contributed by atoms with Gasteiger partial charge in [-0.2, -0.15) is 0 Å². The van der Waals surface area contributed by atoms with Gasteiger partial charge in [-0.3, -0.25) is 0 Å². The van der Waals surface area contributed by atoms with E-state index in [1.165, 1.54) is 31.2 Å². The average molecular weight is 277 g/mol. The van der Waals surface area contributed by atoms with Crippen molar-refractivity contribution < 1.29 is 9.47 Å². The Balaban J connectivity index is 1.84. The highest BCUT2D eigenvalue weighted by atomic mass is 16.5. The number of rotatable bonds is 8. The van der Waals surface area contributed by atoms with Crippen LogP contribution in [-0.4, -0.2) is 26.4 Å². The molecule has 1 aliphatic carbocycles. The van der Waals surface area contributed by atoms with Gasteiger partial charge >= 0.3 is 0 Å². The zero-order valence-electron chi connectivity index (χ0n) is 12.7. The molecule has 0 aromatic heterocycles. The molecular weight excluding hydrogens is 250 g/mol. The normalized spacial score (nSPS) is 17.3. The lowest BCUT2D eigenvalue weighted by Crippen LogP contribution is -2.21. The number of hydrogen-bond donors (Lipinski definition) is 1. The third kappa shape index (κ3) is 4.80. The van der Waals surface area contributed by atoms with E-state index in [1.807, 2.05) is 0 Å². The second kappa shape index (κ2) is 8.28. The van der Waals surface area contributed by atoms with Crippen molar-refractivity contribution in [2.75, 3.05) is 20.3 Å². The molecule has 0 amide bonds. The van der Waals surface area contributed by atoms with Crippen LogP contribution in [0.2, 0.25) is 0 Å². The lowest BCUT2D eigenvalue weighted by molar-refractivity contribution is 0.193. The van der Waals surface area contributed by atoms with E-state index in [1.54, 1.807) is 7.11 Å². The molecule has 2 rings (SSSR count). The smallest absolute Gasteiger partial charge is 0.120 e. The largest absolute Gasteiger partial charge is 0.490 e. The third-order valence-corrected chi connectivity index (χ3v) is 3.94. The van der Waals surface area contributed by atoms with Crippen LogP contribution in [0.4, 0.5) is 0 Å². The third-order valence-electron chi connectivity index (χ3n) is 3.94. The zero-order valence-corrected chi connectivity index (χ0v) is 12.7. The van der Waals surface area contributed by atoms with Gasteiger partial charge in [0, 0.05) is 19.8 Å². The maximum Gasteiger partial charge on any atom is 0.120 e. The van der Waals surface area contributed by atoms with Gasteiger partial charge in [-0.15, -0.1) is 0 Å². The summed E-state index contributed by atoms with van der Waals surface area (Å²) in [5.74, 6) is 1.01. The minimum atomic E-state index is 0.346. The van der Waals surface area contributed by atoms with Crippen molar-refractivity contribution in [2.24, 2.45) is 0 Å². The first-order chi connectivity index (χ1) is 9.79. The first kappa shape index (κ1) is 15.3. The first-order valence-electron chi connectivity index (χ1n) is 7.78. The van der Waals surface area contributed by atoms with Crippen LogP contribution in [0.25, 0.3) is 0 Å². The molecular formula is C17H27NO2. The highest BCUT2D eigenvalue weighted by molar-refractivity contribution is 5.30. The zero-order chi connectivity index (χ0) is 14.2. The van der Waals surface area contributed by atoms with Crippen molar-refractivity contribution in [3.63, 3.8) is 0 Å². The van der Waals surface area contributed by atoms with Gasteiger partial charge in [-0.05, 0) is 63.3 Å². The second-order valence-corrected chi connectivity index (χ2v) is 5.62. The predicted octanol–water partition coefficient (Wildman–Crippen LogP) is 3.70. The molecule has 112 valence electrons. The lowest BCUT2D eigenvalue weighted by Gasteiger charge is -2.17. The van der Waals surface area contributed by atoms with E-state index in [0.29, 0.717) is 12.1 Å². The Morgan fingerprint density at radius 2 is 2.10 bits per heavy atom. The molecule has 1 N–H and O–H groups in total. The molecule has 1 aliphatic rings. The summed E-state index contributed by atoms with van der Waals surface area (Å²) >= 11 is 0. The molecule has 20 heavy (non-hydrogen) atoms. The molecule has 0 radical (unpaired) electrons. The number of methoxy groups -OCH3 is 1. The van der Waals surface area contributed by atoms with E-state index in [0.717, 1.165) is 25.3 Å². The van der Waals surface area contributed by atoms with Crippen molar-refractivity contribution >= 4 is 0 Å². The minimum Gasteiger partial charge on any atom is -0.490 e. The van der Waals surface area contributed by atoms with E-state index in [4.69, 9.17) is 9.47 Å².